The number of nitrogens with zero attached hydrogens (tertiary/aromatic N) is 4. The lowest BCUT2D eigenvalue weighted by Crippen LogP contribution is -2.45. The number of H-pyrrole nitrogens is 1. The highest BCUT2D eigenvalue weighted by Gasteiger charge is 2.28. The van der Waals surface area contributed by atoms with E-state index in [0.29, 0.717) is 11.9 Å². The van der Waals surface area contributed by atoms with Crippen molar-refractivity contribution in [2.45, 2.75) is 51.0 Å². The molecule has 0 radical (unpaired) electrons. The average molecular weight is 291 g/mol. The van der Waals surface area contributed by atoms with E-state index in [9.17, 15) is 4.79 Å². The molecular formula is C15H25N5O. The Morgan fingerprint density at radius 1 is 1.10 bits per heavy atom. The van der Waals surface area contributed by atoms with Gasteiger partial charge < -0.3 is 4.90 Å². The summed E-state index contributed by atoms with van der Waals surface area (Å²) < 4.78 is 0. The molecule has 21 heavy (non-hydrogen) atoms. The molecule has 2 saturated heterocycles. The van der Waals surface area contributed by atoms with Gasteiger partial charge in [0.2, 0.25) is 5.82 Å². The molecule has 1 amide bonds. The van der Waals surface area contributed by atoms with Crippen molar-refractivity contribution in [3.8, 4) is 0 Å². The van der Waals surface area contributed by atoms with Crippen LogP contribution in [0.5, 0.6) is 0 Å². The normalized spacial score (nSPS) is 25.3. The maximum absolute atomic E-state index is 12.5. The summed E-state index contributed by atoms with van der Waals surface area (Å²) in [4.78, 5) is 21.1. The Bertz CT molecular complexity index is 439. The molecule has 1 unspecified atom stereocenters. The molecule has 6 heteroatoms. The van der Waals surface area contributed by atoms with Crippen LogP contribution in [0, 0.1) is 0 Å². The van der Waals surface area contributed by atoms with Crippen LogP contribution in [0.1, 0.15) is 55.6 Å². The summed E-state index contributed by atoms with van der Waals surface area (Å²) in [6.07, 6.45) is 10.2. The first-order chi connectivity index (χ1) is 10.3. The fourth-order valence-electron chi connectivity index (χ4n) is 3.52. The van der Waals surface area contributed by atoms with Crippen molar-refractivity contribution in [1.82, 2.24) is 25.0 Å². The molecule has 1 N–H and O–H groups in total. The van der Waals surface area contributed by atoms with Crippen LogP contribution < -0.4 is 0 Å². The number of hydrogen-bond acceptors (Lipinski definition) is 4. The zero-order chi connectivity index (χ0) is 14.5. The van der Waals surface area contributed by atoms with Gasteiger partial charge in [0.15, 0.2) is 0 Å². The second-order valence-electron chi connectivity index (χ2n) is 6.19. The molecule has 0 saturated carbocycles. The molecule has 0 spiro atoms. The lowest BCUT2D eigenvalue weighted by atomic mass is 10.1. The molecule has 0 aliphatic carbocycles. The minimum absolute atomic E-state index is 0.00535. The van der Waals surface area contributed by atoms with Crippen molar-refractivity contribution >= 4 is 5.91 Å². The van der Waals surface area contributed by atoms with Gasteiger partial charge in [-0.1, -0.05) is 19.3 Å². The van der Waals surface area contributed by atoms with Gasteiger partial charge >= 0.3 is 0 Å². The maximum atomic E-state index is 12.5. The topological polar surface area (TPSA) is 65.1 Å². The molecule has 1 aromatic heterocycles. The van der Waals surface area contributed by atoms with E-state index < -0.39 is 0 Å². The second-order valence-corrected chi connectivity index (χ2v) is 6.19. The zero-order valence-electron chi connectivity index (χ0n) is 12.6. The molecule has 6 nitrogen and oxygen atoms in total. The van der Waals surface area contributed by atoms with Gasteiger partial charge in [0.05, 0.1) is 0 Å². The third-order valence-electron chi connectivity index (χ3n) is 4.71. The van der Waals surface area contributed by atoms with Gasteiger partial charge in [-0.15, -0.1) is 0 Å². The average Bonchev–Trinajstić information content (AvgIpc) is 2.76. The number of aromatic nitrogens is 3. The number of rotatable bonds is 2. The summed E-state index contributed by atoms with van der Waals surface area (Å²) in [5, 5.41) is 6.48. The number of likely N-dealkylation sites (tertiary alicyclic amines) is 2. The molecule has 3 rings (SSSR count). The molecule has 2 aliphatic rings. The summed E-state index contributed by atoms with van der Waals surface area (Å²) in [6.45, 7) is 4.05. The van der Waals surface area contributed by atoms with E-state index in [4.69, 9.17) is 0 Å². The smallest absolute Gasteiger partial charge is 0.291 e. The van der Waals surface area contributed by atoms with Gasteiger partial charge in [-0.2, -0.15) is 5.10 Å². The summed E-state index contributed by atoms with van der Waals surface area (Å²) in [7, 11) is 0. The third kappa shape index (κ3) is 3.61. The Balaban J connectivity index is 1.66. The van der Waals surface area contributed by atoms with E-state index in [-0.39, 0.29) is 5.91 Å². The zero-order valence-corrected chi connectivity index (χ0v) is 12.6. The monoisotopic (exact) mass is 291 g/mol. The van der Waals surface area contributed by atoms with Crippen molar-refractivity contribution in [3.63, 3.8) is 0 Å². The number of hydrogen-bond donors (Lipinski definition) is 1. The van der Waals surface area contributed by atoms with Crippen LogP contribution in [0.25, 0.3) is 0 Å². The maximum Gasteiger partial charge on any atom is 0.291 e. The summed E-state index contributed by atoms with van der Waals surface area (Å²) >= 11 is 0. The fourth-order valence-corrected chi connectivity index (χ4v) is 3.52. The molecule has 0 aromatic carbocycles. The Hall–Kier alpha value is -1.43. The molecule has 2 fully saturated rings. The lowest BCUT2D eigenvalue weighted by Gasteiger charge is -2.32. The number of carbonyl (C=O) groups is 1. The van der Waals surface area contributed by atoms with Gasteiger partial charge in [0.1, 0.15) is 6.33 Å². The van der Waals surface area contributed by atoms with Crippen LogP contribution in [0.2, 0.25) is 0 Å². The lowest BCUT2D eigenvalue weighted by molar-refractivity contribution is 0.0690. The van der Waals surface area contributed by atoms with E-state index in [2.05, 4.69) is 20.1 Å². The van der Waals surface area contributed by atoms with E-state index >= 15 is 0 Å². The molecular weight excluding hydrogens is 266 g/mol. The van der Waals surface area contributed by atoms with Gasteiger partial charge in [-0.25, -0.2) is 4.98 Å². The van der Waals surface area contributed by atoms with Crippen LogP contribution in [0.15, 0.2) is 6.33 Å². The largest absolute Gasteiger partial charge is 0.334 e. The summed E-state index contributed by atoms with van der Waals surface area (Å²) in [5.41, 5.74) is 0. The molecule has 1 aromatic rings. The Labute approximate surface area is 125 Å². The van der Waals surface area contributed by atoms with Crippen LogP contribution in [0.4, 0.5) is 0 Å². The third-order valence-corrected chi connectivity index (χ3v) is 4.71. The number of nitrogens with one attached hydrogen (secondary N) is 1. The summed E-state index contributed by atoms with van der Waals surface area (Å²) in [5.74, 6) is 0.362. The summed E-state index contributed by atoms with van der Waals surface area (Å²) in [6, 6.07) is 0.512. The van der Waals surface area contributed by atoms with Crippen molar-refractivity contribution in [2.75, 3.05) is 26.2 Å². The fraction of sp³-hybridized carbons (Fsp3) is 0.800. The molecule has 1 atom stereocenters. The first-order valence-corrected chi connectivity index (χ1v) is 8.23. The van der Waals surface area contributed by atoms with E-state index in [0.717, 1.165) is 19.5 Å². The molecule has 116 valence electrons. The van der Waals surface area contributed by atoms with Gasteiger partial charge in [0.25, 0.3) is 5.91 Å². The van der Waals surface area contributed by atoms with Crippen molar-refractivity contribution < 1.29 is 4.79 Å². The predicted octanol–water partition coefficient (Wildman–Crippen LogP) is 1.68. The van der Waals surface area contributed by atoms with Gasteiger partial charge in [-0.05, 0) is 38.8 Å². The highest BCUT2D eigenvalue weighted by atomic mass is 16.2. The van der Waals surface area contributed by atoms with Crippen LogP contribution in [0.3, 0.4) is 0 Å². The SMILES string of the molecule is O=C(c1ncn[nH]1)N1CCCCC(N2CCCCCC2)C1. The van der Waals surface area contributed by atoms with Crippen molar-refractivity contribution in [1.29, 1.82) is 0 Å². The highest BCUT2D eigenvalue weighted by Crippen LogP contribution is 2.20. The Kier molecular flexibility index (Phi) is 4.85. The predicted molar refractivity (Wildman–Crippen MR) is 80.0 cm³/mol. The van der Waals surface area contributed by atoms with Gasteiger partial charge in [-0.3, -0.25) is 14.8 Å². The minimum Gasteiger partial charge on any atom is -0.334 e. The standard InChI is InChI=1S/C15H25N5O/c21-15(14-16-12-17-18-14)20-10-6-3-7-13(11-20)19-8-4-1-2-5-9-19/h12-13H,1-11H2,(H,16,17,18). The Morgan fingerprint density at radius 2 is 1.86 bits per heavy atom. The van der Waals surface area contributed by atoms with E-state index in [1.165, 1.54) is 57.9 Å². The highest BCUT2D eigenvalue weighted by molar-refractivity contribution is 5.90. The quantitative estimate of drug-likeness (QED) is 0.900. The number of carbonyl (C=O) groups excluding carboxylic acids is 1. The number of aromatic amines is 1. The van der Waals surface area contributed by atoms with Crippen LogP contribution in [-0.4, -0.2) is 63.1 Å². The van der Waals surface area contributed by atoms with Crippen LogP contribution >= 0.6 is 0 Å². The second kappa shape index (κ2) is 7.02. The first kappa shape index (κ1) is 14.5. The minimum atomic E-state index is -0.00535. The van der Waals surface area contributed by atoms with Crippen molar-refractivity contribution in [3.05, 3.63) is 12.2 Å². The first-order valence-electron chi connectivity index (χ1n) is 8.23. The molecule has 3 heterocycles. The van der Waals surface area contributed by atoms with Gasteiger partial charge in [0, 0.05) is 19.1 Å². The molecule has 0 bridgehead atoms. The van der Waals surface area contributed by atoms with E-state index in [1.54, 1.807) is 0 Å². The van der Waals surface area contributed by atoms with Crippen molar-refractivity contribution in [2.24, 2.45) is 0 Å². The number of amides is 1. The molecule has 2 aliphatic heterocycles. The Morgan fingerprint density at radius 3 is 2.57 bits per heavy atom. The van der Waals surface area contributed by atoms with E-state index in [1.807, 2.05) is 4.90 Å². The van der Waals surface area contributed by atoms with Crippen LogP contribution in [-0.2, 0) is 0 Å².